The normalized spacial score (nSPS) is 16.4. The van der Waals surface area contributed by atoms with Gasteiger partial charge in [-0.05, 0) is 45.5 Å². The second-order valence-corrected chi connectivity index (χ2v) is 10.6. The van der Waals surface area contributed by atoms with Gasteiger partial charge in [0.25, 0.3) is 5.69 Å². The highest BCUT2D eigenvalue weighted by Gasteiger charge is 2.35. The van der Waals surface area contributed by atoms with Crippen molar-refractivity contribution in [3.8, 4) is 0 Å². The van der Waals surface area contributed by atoms with Gasteiger partial charge in [0.05, 0.1) is 20.8 Å². The molecule has 1 aromatic carbocycles. The number of hydrogen-bond donors (Lipinski definition) is 0. The Morgan fingerprint density at radius 3 is 2.26 bits per heavy atom. The van der Waals surface area contributed by atoms with Gasteiger partial charge in [-0.15, -0.1) is 0 Å². The molecule has 27 heavy (non-hydrogen) atoms. The molecule has 1 heterocycles. The lowest BCUT2D eigenvalue weighted by atomic mass is 10.1. The van der Waals surface area contributed by atoms with Crippen LogP contribution in [-0.4, -0.2) is 67.4 Å². The number of aryl methyl sites for hydroxylation is 1. The van der Waals surface area contributed by atoms with E-state index in [0.717, 1.165) is 0 Å². The summed E-state index contributed by atoms with van der Waals surface area (Å²) in [6.45, 7) is 4.38. The van der Waals surface area contributed by atoms with Gasteiger partial charge >= 0.3 is 0 Å². The number of likely N-dealkylation sites (tertiary alicyclic amines) is 1. The topological polar surface area (TPSA) is 83.8 Å². The van der Waals surface area contributed by atoms with Gasteiger partial charge in [0.15, 0.2) is 9.84 Å². The van der Waals surface area contributed by atoms with Crippen molar-refractivity contribution in [1.82, 2.24) is 4.90 Å². The Morgan fingerprint density at radius 1 is 1.22 bits per heavy atom. The largest absolute Gasteiger partial charge is 0.369 e. The highest BCUT2D eigenvalue weighted by atomic mass is 79.9. The van der Waals surface area contributed by atoms with Crippen molar-refractivity contribution in [2.75, 3.05) is 48.8 Å². The van der Waals surface area contributed by atoms with Crippen molar-refractivity contribution in [2.45, 2.75) is 29.9 Å². The molecular weight excluding hydrogens is 502 g/mol. The number of alkyl halides is 2. The Balaban J connectivity index is 2.61. The summed E-state index contributed by atoms with van der Waals surface area (Å²) in [6.07, 6.45) is 1.08. The molecule has 2 rings (SSSR count). The quantitative estimate of drug-likeness (QED) is 0.293. The zero-order valence-corrected chi connectivity index (χ0v) is 19.5. The number of hydrogen-bond acceptors (Lipinski definition) is 6. The first-order valence-corrected chi connectivity index (χ1v) is 12.6. The van der Waals surface area contributed by atoms with E-state index in [1.54, 1.807) is 6.92 Å². The summed E-state index contributed by atoms with van der Waals surface area (Å²) in [5, 5.41) is 12.2. The second-order valence-electron chi connectivity index (χ2n) is 6.78. The number of halogens is 2. The molecule has 0 unspecified atom stereocenters. The highest BCUT2D eigenvalue weighted by Crippen LogP contribution is 2.37. The summed E-state index contributed by atoms with van der Waals surface area (Å²) < 4.78 is 26.9. The summed E-state index contributed by atoms with van der Waals surface area (Å²) in [5.74, 6) is 0. The summed E-state index contributed by atoms with van der Waals surface area (Å²) in [6, 6.07) is 2.70. The van der Waals surface area contributed by atoms with Crippen LogP contribution < -0.4 is 4.90 Å². The van der Waals surface area contributed by atoms with Crippen LogP contribution >= 0.6 is 31.9 Å². The van der Waals surface area contributed by atoms with Crippen LogP contribution in [0.3, 0.4) is 0 Å². The van der Waals surface area contributed by atoms with E-state index >= 15 is 0 Å². The minimum Gasteiger partial charge on any atom is -0.369 e. The third-order valence-electron chi connectivity index (χ3n) is 4.90. The molecule has 0 bridgehead atoms. The predicted octanol–water partition coefficient (Wildman–Crippen LogP) is 3.37. The van der Waals surface area contributed by atoms with Gasteiger partial charge in [-0.1, -0.05) is 31.9 Å². The number of nitrogens with zero attached hydrogens (tertiary/aromatic N) is 3. The van der Waals surface area contributed by atoms with Crippen LogP contribution in [0.1, 0.15) is 18.4 Å². The lowest BCUT2D eigenvalue weighted by Gasteiger charge is -2.31. The van der Waals surface area contributed by atoms with Crippen molar-refractivity contribution in [2.24, 2.45) is 0 Å². The molecule has 0 saturated carbocycles. The van der Waals surface area contributed by atoms with E-state index < -0.39 is 20.0 Å². The molecule has 1 aliphatic rings. The molecule has 1 aliphatic heterocycles. The maximum absolute atomic E-state index is 13.5. The molecule has 0 atom stereocenters. The molecule has 0 spiro atoms. The average molecular weight is 527 g/mol. The Bertz CT molecular complexity index is 775. The summed E-state index contributed by atoms with van der Waals surface area (Å²) >= 11 is 6.84. The zero-order chi connectivity index (χ0) is 20.2. The Labute approximate surface area is 177 Å². The van der Waals surface area contributed by atoms with Gasteiger partial charge in [0, 0.05) is 35.9 Å². The molecule has 152 valence electrons. The monoisotopic (exact) mass is 525 g/mol. The van der Waals surface area contributed by atoms with Crippen LogP contribution in [0, 0.1) is 17.0 Å². The average Bonchev–Trinajstić information content (AvgIpc) is 2.61. The van der Waals surface area contributed by atoms with Crippen molar-refractivity contribution < 1.29 is 13.3 Å². The minimum atomic E-state index is -3.68. The molecule has 10 heteroatoms. The van der Waals surface area contributed by atoms with Gasteiger partial charge in [0.2, 0.25) is 0 Å². The number of benzene rings is 1. The summed E-state index contributed by atoms with van der Waals surface area (Å²) in [5.41, 5.74) is 1.01. The molecule has 0 radical (unpaired) electrons. The number of sulfone groups is 1. The zero-order valence-electron chi connectivity index (χ0n) is 15.5. The Hall–Kier alpha value is -0.710. The van der Waals surface area contributed by atoms with Crippen LogP contribution in [-0.2, 0) is 9.84 Å². The first-order valence-electron chi connectivity index (χ1n) is 8.80. The van der Waals surface area contributed by atoms with E-state index in [9.17, 15) is 18.5 Å². The lowest BCUT2D eigenvalue weighted by Crippen LogP contribution is -2.38. The summed E-state index contributed by atoms with van der Waals surface area (Å²) in [4.78, 5) is 15.0. The molecule has 0 amide bonds. The van der Waals surface area contributed by atoms with E-state index in [2.05, 4.69) is 36.8 Å². The van der Waals surface area contributed by atoms with Crippen molar-refractivity contribution in [3.63, 3.8) is 0 Å². The van der Waals surface area contributed by atoms with Crippen LogP contribution in [0.25, 0.3) is 0 Å². The van der Waals surface area contributed by atoms with E-state index in [4.69, 9.17) is 0 Å². The first-order chi connectivity index (χ1) is 12.7. The molecule has 7 nitrogen and oxygen atoms in total. The number of nitro groups is 1. The van der Waals surface area contributed by atoms with Crippen LogP contribution in [0.4, 0.5) is 11.4 Å². The molecule has 1 saturated heterocycles. The van der Waals surface area contributed by atoms with Gasteiger partial charge in [-0.2, -0.15) is 0 Å². The van der Waals surface area contributed by atoms with Crippen molar-refractivity contribution >= 4 is 53.1 Å². The van der Waals surface area contributed by atoms with Crippen molar-refractivity contribution in [3.05, 3.63) is 27.8 Å². The number of rotatable bonds is 8. The Kier molecular flexibility index (Phi) is 8.08. The molecule has 0 N–H and O–H groups in total. The number of non-ortho nitro benzene ring substituents is 1. The first kappa shape index (κ1) is 22.6. The Morgan fingerprint density at radius 2 is 1.78 bits per heavy atom. The molecule has 1 fully saturated rings. The SMILES string of the molecule is Cc1cc([N+](=O)[O-])cc(S(=O)(=O)C2CCN(C)CC2)c1N(CCBr)CCBr. The third-order valence-corrected chi connectivity index (χ3v) is 7.88. The van der Waals surface area contributed by atoms with E-state index in [0.29, 0.717) is 60.9 Å². The highest BCUT2D eigenvalue weighted by molar-refractivity contribution is 9.09. The maximum atomic E-state index is 13.5. The smallest absolute Gasteiger partial charge is 0.271 e. The van der Waals surface area contributed by atoms with E-state index in [1.807, 2.05) is 11.9 Å². The fourth-order valence-corrected chi connectivity index (χ4v) is 6.36. The molecule has 0 aliphatic carbocycles. The van der Waals surface area contributed by atoms with E-state index in [-0.39, 0.29) is 10.6 Å². The number of nitro benzene ring substituents is 1. The van der Waals surface area contributed by atoms with Crippen molar-refractivity contribution in [1.29, 1.82) is 0 Å². The predicted molar refractivity (Wildman–Crippen MR) is 115 cm³/mol. The molecular formula is C17H25Br2N3O4S. The van der Waals surface area contributed by atoms with Crippen LogP contribution in [0.2, 0.25) is 0 Å². The third kappa shape index (κ3) is 5.21. The van der Waals surface area contributed by atoms with Crippen LogP contribution in [0.5, 0.6) is 0 Å². The molecule has 1 aromatic rings. The fraction of sp³-hybridized carbons (Fsp3) is 0.647. The van der Waals surface area contributed by atoms with Gasteiger partial charge in [0.1, 0.15) is 0 Å². The van der Waals surface area contributed by atoms with Gasteiger partial charge in [-0.3, -0.25) is 10.1 Å². The van der Waals surface area contributed by atoms with E-state index in [1.165, 1.54) is 12.1 Å². The number of piperidine rings is 1. The number of anilines is 1. The minimum absolute atomic E-state index is 0.0886. The maximum Gasteiger partial charge on any atom is 0.271 e. The molecule has 0 aromatic heterocycles. The summed E-state index contributed by atoms with van der Waals surface area (Å²) in [7, 11) is -1.71. The standard InChI is InChI=1S/C17H25Br2N3O4S/c1-13-11-14(22(23)24)12-16(17(13)21(9-5-18)10-6-19)27(25,26)15-3-7-20(2)8-4-15/h11-12,15H,3-10H2,1-2H3. The van der Waals surface area contributed by atoms with Gasteiger partial charge < -0.3 is 9.80 Å². The second kappa shape index (κ2) is 9.67. The lowest BCUT2D eigenvalue weighted by molar-refractivity contribution is -0.385. The van der Waals surface area contributed by atoms with Gasteiger partial charge in [-0.25, -0.2) is 8.42 Å². The fourth-order valence-electron chi connectivity index (χ4n) is 3.47. The van der Waals surface area contributed by atoms with Crippen LogP contribution in [0.15, 0.2) is 17.0 Å².